The van der Waals surface area contributed by atoms with Gasteiger partial charge in [-0.3, -0.25) is 4.79 Å². The lowest BCUT2D eigenvalue weighted by molar-refractivity contribution is -0.122. The number of methoxy groups -OCH3 is 1. The minimum atomic E-state index is -0.638. The van der Waals surface area contributed by atoms with E-state index in [1.54, 1.807) is 26.2 Å². The van der Waals surface area contributed by atoms with Crippen molar-refractivity contribution in [1.82, 2.24) is 0 Å². The quantitative estimate of drug-likeness (QED) is 0.764. The van der Waals surface area contributed by atoms with Gasteiger partial charge in [0.2, 0.25) is 0 Å². The highest BCUT2D eigenvalue weighted by Crippen LogP contribution is 2.27. The summed E-state index contributed by atoms with van der Waals surface area (Å²) in [5.74, 6) is 1.08. The van der Waals surface area contributed by atoms with Crippen molar-refractivity contribution in [2.75, 3.05) is 12.4 Å². The Morgan fingerprint density at radius 3 is 2.42 bits per heavy atom. The Labute approximate surface area is 141 Å². The highest BCUT2D eigenvalue weighted by molar-refractivity contribution is 5.96. The molecule has 0 saturated heterocycles. The predicted molar refractivity (Wildman–Crippen MR) is 95.7 cm³/mol. The molecule has 3 aromatic rings. The summed E-state index contributed by atoms with van der Waals surface area (Å²) in [7, 11) is 1.57. The number of hydrogen-bond donors (Lipinski definition) is 1. The number of amides is 1. The number of benzene rings is 3. The first-order chi connectivity index (χ1) is 11.7. The Morgan fingerprint density at radius 1 is 0.917 bits per heavy atom. The van der Waals surface area contributed by atoms with Crippen molar-refractivity contribution in [2.24, 2.45) is 0 Å². The molecule has 0 heterocycles. The molecule has 3 aromatic carbocycles. The minimum absolute atomic E-state index is 0.229. The average molecular weight is 321 g/mol. The zero-order valence-corrected chi connectivity index (χ0v) is 13.7. The summed E-state index contributed by atoms with van der Waals surface area (Å²) >= 11 is 0. The third-order valence-corrected chi connectivity index (χ3v) is 3.79. The molecule has 0 fully saturated rings. The minimum Gasteiger partial charge on any atom is -0.495 e. The van der Waals surface area contributed by atoms with Crippen molar-refractivity contribution in [2.45, 2.75) is 13.0 Å². The van der Waals surface area contributed by atoms with Gasteiger partial charge in [-0.1, -0.05) is 48.5 Å². The van der Waals surface area contributed by atoms with E-state index in [0.717, 1.165) is 10.8 Å². The summed E-state index contributed by atoms with van der Waals surface area (Å²) in [5, 5.41) is 4.90. The van der Waals surface area contributed by atoms with Gasteiger partial charge in [-0.15, -0.1) is 0 Å². The number of rotatable bonds is 5. The molecule has 0 aliphatic carbocycles. The molecule has 4 nitrogen and oxygen atoms in total. The standard InChI is InChI=1S/C20H19NO3/c1-14(20(22)21-17-11-5-6-12-19(17)23-2)24-18-13-7-9-15-8-3-4-10-16(15)18/h3-14H,1-2H3,(H,21,22). The second kappa shape index (κ2) is 7.04. The number of anilines is 1. The van der Waals surface area contributed by atoms with Gasteiger partial charge < -0.3 is 14.8 Å². The lowest BCUT2D eigenvalue weighted by Gasteiger charge is -2.17. The van der Waals surface area contributed by atoms with E-state index in [1.807, 2.05) is 54.6 Å². The molecule has 0 radical (unpaired) electrons. The molecule has 0 aliphatic heterocycles. The number of carbonyl (C=O) groups is 1. The molecule has 0 saturated carbocycles. The van der Waals surface area contributed by atoms with Crippen molar-refractivity contribution in [3.63, 3.8) is 0 Å². The molecule has 0 bridgehead atoms. The number of carbonyl (C=O) groups excluding carboxylic acids is 1. The first-order valence-corrected chi connectivity index (χ1v) is 7.77. The SMILES string of the molecule is COc1ccccc1NC(=O)C(C)Oc1cccc2ccccc12. The fourth-order valence-corrected chi connectivity index (χ4v) is 2.52. The summed E-state index contributed by atoms with van der Waals surface area (Å²) < 4.78 is 11.1. The Balaban J connectivity index is 1.76. The van der Waals surface area contributed by atoms with E-state index < -0.39 is 6.10 Å². The van der Waals surface area contributed by atoms with Crippen LogP contribution in [-0.2, 0) is 4.79 Å². The molecule has 1 atom stereocenters. The van der Waals surface area contributed by atoms with Gasteiger partial charge >= 0.3 is 0 Å². The van der Waals surface area contributed by atoms with Crippen LogP contribution in [0.5, 0.6) is 11.5 Å². The third-order valence-electron chi connectivity index (χ3n) is 3.79. The summed E-state index contributed by atoms with van der Waals surface area (Å²) in [5.41, 5.74) is 0.623. The monoisotopic (exact) mass is 321 g/mol. The van der Waals surface area contributed by atoms with Crippen LogP contribution >= 0.6 is 0 Å². The van der Waals surface area contributed by atoms with Gasteiger partial charge in [0.15, 0.2) is 6.10 Å². The number of fused-ring (bicyclic) bond motifs is 1. The summed E-state index contributed by atoms with van der Waals surface area (Å²) in [6, 6.07) is 21.0. The molecule has 0 aromatic heterocycles. The van der Waals surface area contributed by atoms with Crippen molar-refractivity contribution in [3.8, 4) is 11.5 Å². The third kappa shape index (κ3) is 3.33. The summed E-state index contributed by atoms with van der Waals surface area (Å²) in [6.45, 7) is 1.73. The summed E-state index contributed by atoms with van der Waals surface area (Å²) in [4.78, 5) is 12.4. The van der Waals surface area contributed by atoms with Crippen LogP contribution in [-0.4, -0.2) is 19.1 Å². The fraction of sp³-hybridized carbons (Fsp3) is 0.150. The molecular formula is C20H19NO3. The highest BCUT2D eigenvalue weighted by atomic mass is 16.5. The lowest BCUT2D eigenvalue weighted by atomic mass is 10.1. The molecule has 1 N–H and O–H groups in total. The maximum Gasteiger partial charge on any atom is 0.265 e. The molecule has 122 valence electrons. The zero-order valence-electron chi connectivity index (χ0n) is 13.7. The Kier molecular flexibility index (Phi) is 4.66. The molecule has 0 spiro atoms. The number of nitrogens with one attached hydrogen (secondary N) is 1. The molecule has 24 heavy (non-hydrogen) atoms. The summed E-state index contributed by atoms with van der Waals surface area (Å²) in [6.07, 6.45) is -0.638. The first-order valence-electron chi connectivity index (χ1n) is 7.77. The van der Waals surface area contributed by atoms with Gasteiger partial charge in [0.05, 0.1) is 12.8 Å². The van der Waals surface area contributed by atoms with Crippen molar-refractivity contribution < 1.29 is 14.3 Å². The van der Waals surface area contributed by atoms with Crippen molar-refractivity contribution in [3.05, 3.63) is 66.7 Å². The highest BCUT2D eigenvalue weighted by Gasteiger charge is 2.17. The van der Waals surface area contributed by atoms with Gasteiger partial charge in [-0.2, -0.15) is 0 Å². The van der Waals surface area contributed by atoms with E-state index in [4.69, 9.17) is 9.47 Å². The van der Waals surface area contributed by atoms with Crippen molar-refractivity contribution >= 4 is 22.4 Å². The van der Waals surface area contributed by atoms with Crippen LogP contribution in [0, 0.1) is 0 Å². The Bertz CT molecular complexity index is 855. The van der Waals surface area contributed by atoms with Crippen LogP contribution < -0.4 is 14.8 Å². The molecule has 1 unspecified atom stereocenters. The van der Waals surface area contributed by atoms with E-state index in [9.17, 15) is 4.79 Å². The number of para-hydroxylation sites is 2. The van der Waals surface area contributed by atoms with Crippen LogP contribution in [0.1, 0.15) is 6.92 Å². The number of ether oxygens (including phenoxy) is 2. The topological polar surface area (TPSA) is 47.6 Å². The van der Waals surface area contributed by atoms with Crippen LogP contribution in [0.15, 0.2) is 66.7 Å². The van der Waals surface area contributed by atoms with Crippen LogP contribution in [0.4, 0.5) is 5.69 Å². The van der Waals surface area contributed by atoms with Crippen LogP contribution in [0.2, 0.25) is 0 Å². The largest absolute Gasteiger partial charge is 0.495 e. The van der Waals surface area contributed by atoms with Crippen molar-refractivity contribution in [1.29, 1.82) is 0 Å². The number of hydrogen-bond acceptors (Lipinski definition) is 3. The molecular weight excluding hydrogens is 302 g/mol. The van der Waals surface area contributed by atoms with Crippen LogP contribution in [0.25, 0.3) is 10.8 Å². The van der Waals surface area contributed by atoms with E-state index in [1.165, 1.54) is 0 Å². The van der Waals surface area contributed by atoms with E-state index in [-0.39, 0.29) is 5.91 Å². The fourth-order valence-electron chi connectivity index (χ4n) is 2.52. The van der Waals surface area contributed by atoms with E-state index in [2.05, 4.69) is 5.32 Å². The lowest BCUT2D eigenvalue weighted by Crippen LogP contribution is -2.30. The first kappa shape index (κ1) is 15.9. The maximum absolute atomic E-state index is 12.4. The smallest absolute Gasteiger partial charge is 0.265 e. The van der Waals surface area contributed by atoms with Gasteiger partial charge in [0.25, 0.3) is 5.91 Å². The second-order valence-electron chi connectivity index (χ2n) is 5.43. The maximum atomic E-state index is 12.4. The molecule has 0 aliphatic rings. The van der Waals surface area contributed by atoms with Gasteiger partial charge in [0, 0.05) is 5.39 Å². The van der Waals surface area contributed by atoms with Gasteiger partial charge in [0.1, 0.15) is 11.5 Å². The predicted octanol–water partition coefficient (Wildman–Crippen LogP) is 4.25. The van der Waals surface area contributed by atoms with E-state index >= 15 is 0 Å². The van der Waals surface area contributed by atoms with Crippen LogP contribution in [0.3, 0.4) is 0 Å². The molecule has 3 rings (SSSR count). The average Bonchev–Trinajstić information content (AvgIpc) is 2.62. The Morgan fingerprint density at radius 2 is 1.58 bits per heavy atom. The molecule has 4 heteroatoms. The normalized spacial score (nSPS) is 11.8. The Hall–Kier alpha value is -3.01. The molecule has 1 amide bonds. The zero-order chi connectivity index (χ0) is 16.9. The van der Waals surface area contributed by atoms with E-state index in [0.29, 0.717) is 17.2 Å². The van der Waals surface area contributed by atoms with Gasteiger partial charge in [-0.25, -0.2) is 0 Å². The second-order valence-corrected chi connectivity index (χ2v) is 5.43. The van der Waals surface area contributed by atoms with Gasteiger partial charge in [-0.05, 0) is 30.5 Å².